The van der Waals surface area contributed by atoms with Crippen molar-refractivity contribution in [3.8, 4) is 17.2 Å². The quantitative estimate of drug-likeness (QED) is 0.618. The van der Waals surface area contributed by atoms with Crippen LogP contribution in [-0.2, 0) is 21.3 Å². The molecule has 1 aliphatic rings. The van der Waals surface area contributed by atoms with Gasteiger partial charge in [0.05, 0.1) is 24.2 Å². The van der Waals surface area contributed by atoms with Crippen LogP contribution in [0, 0.1) is 17.1 Å². The Balaban J connectivity index is 1.58. The molecule has 6 nitrogen and oxygen atoms in total. The van der Waals surface area contributed by atoms with Gasteiger partial charge in [-0.1, -0.05) is 36.4 Å². The lowest BCUT2D eigenvalue weighted by Gasteiger charge is -2.33. The van der Waals surface area contributed by atoms with E-state index in [4.69, 9.17) is 4.74 Å². The molecule has 32 heavy (non-hydrogen) atoms. The second-order valence-electron chi connectivity index (χ2n) is 7.40. The van der Waals surface area contributed by atoms with Crippen LogP contribution in [0.2, 0.25) is 0 Å². The lowest BCUT2D eigenvalue weighted by molar-refractivity contribution is 0.107. The van der Waals surface area contributed by atoms with E-state index in [2.05, 4.69) is 10.8 Å². The summed E-state index contributed by atoms with van der Waals surface area (Å²) in [4.78, 5) is 2.15. The molecule has 1 unspecified atom stereocenters. The molecule has 0 saturated carbocycles. The van der Waals surface area contributed by atoms with Crippen molar-refractivity contribution >= 4 is 15.7 Å². The molecule has 1 aliphatic heterocycles. The van der Waals surface area contributed by atoms with Crippen LogP contribution in [0.15, 0.2) is 77.7 Å². The smallest absolute Gasteiger partial charge is 0.240 e. The number of sulfonamides is 1. The number of nitrogens with one attached hydrogen (secondary N) is 1. The van der Waals surface area contributed by atoms with Crippen molar-refractivity contribution in [1.82, 2.24) is 4.72 Å². The van der Waals surface area contributed by atoms with Gasteiger partial charge >= 0.3 is 0 Å². The molecule has 0 amide bonds. The molecule has 3 aromatic rings. The van der Waals surface area contributed by atoms with Crippen molar-refractivity contribution < 1.29 is 17.5 Å². The Bertz CT molecular complexity index is 1230. The largest absolute Gasteiger partial charge is 0.376 e. The molecule has 4 rings (SSSR count). The first-order chi connectivity index (χ1) is 15.5. The molecule has 1 N–H and O–H groups in total. The van der Waals surface area contributed by atoms with Gasteiger partial charge in [-0.05, 0) is 53.1 Å². The van der Waals surface area contributed by atoms with Gasteiger partial charge in [0.15, 0.2) is 0 Å². The standard InChI is InChI=1S/C24H22FN3O3S/c25-20-9-6-19(16-27-32(29,30)23-4-2-1-3-5-23)24(14-20)18-7-10-21(11-8-18)28-12-13-31-17-22(28)15-26/h1-11,14,22,27H,12-13,16-17H2. The van der Waals surface area contributed by atoms with Crippen LogP contribution in [0.25, 0.3) is 11.1 Å². The van der Waals surface area contributed by atoms with Crippen molar-refractivity contribution in [2.24, 2.45) is 0 Å². The van der Waals surface area contributed by atoms with E-state index < -0.39 is 15.8 Å². The first kappa shape index (κ1) is 22.0. The highest BCUT2D eigenvalue weighted by molar-refractivity contribution is 7.89. The Morgan fingerprint density at radius 1 is 1.09 bits per heavy atom. The number of hydrogen-bond acceptors (Lipinski definition) is 5. The van der Waals surface area contributed by atoms with Gasteiger partial charge in [0.1, 0.15) is 11.9 Å². The number of nitrogens with zero attached hydrogens (tertiary/aromatic N) is 2. The Kier molecular flexibility index (Phi) is 6.51. The molecule has 0 aromatic heterocycles. The van der Waals surface area contributed by atoms with Crippen LogP contribution in [0.3, 0.4) is 0 Å². The third-order valence-corrected chi connectivity index (χ3v) is 6.78. The lowest BCUT2D eigenvalue weighted by atomic mass is 9.99. The summed E-state index contributed by atoms with van der Waals surface area (Å²) >= 11 is 0. The van der Waals surface area contributed by atoms with Gasteiger partial charge < -0.3 is 9.64 Å². The predicted octanol–water partition coefficient (Wildman–Crippen LogP) is 3.70. The summed E-state index contributed by atoms with van der Waals surface area (Å²) in [6, 6.07) is 21.8. The third kappa shape index (κ3) is 4.81. The number of nitriles is 1. The van der Waals surface area contributed by atoms with Crippen LogP contribution in [0.4, 0.5) is 10.1 Å². The van der Waals surface area contributed by atoms with E-state index in [-0.39, 0.29) is 17.5 Å². The van der Waals surface area contributed by atoms with Crippen molar-refractivity contribution in [3.63, 3.8) is 0 Å². The van der Waals surface area contributed by atoms with Crippen molar-refractivity contribution in [3.05, 3.63) is 84.2 Å². The summed E-state index contributed by atoms with van der Waals surface area (Å²) in [7, 11) is -3.69. The van der Waals surface area contributed by atoms with E-state index in [9.17, 15) is 18.1 Å². The third-order valence-electron chi connectivity index (χ3n) is 5.37. The van der Waals surface area contributed by atoms with Crippen LogP contribution in [0.1, 0.15) is 5.56 Å². The minimum atomic E-state index is -3.69. The first-order valence-electron chi connectivity index (χ1n) is 10.2. The summed E-state index contributed by atoms with van der Waals surface area (Å²) in [5, 5.41) is 9.36. The Labute approximate surface area is 186 Å². The summed E-state index contributed by atoms with van der Waals surface area (Å²) in [6.07, 6.45) is 0. The van der Waals surface area contributed by atoms with Crippen LogP contribution in [-0.4, -0.2) is 34.2 Å². The molecule has 0 radical (unpaired) electrons. The number of halogens is 1. The molecule has 1 fully saturated rings. The molecule has 1 saturated heterocycles. The summed E-state index contributed by atoms with van der Waals surface area (Å²) in [5.41, 5.74) is 2.89. The monoisotopic (exact) mass is 451 g/mol. The highest BCUT2D eigenvalue weighted by Crippen LogP contribution is 2.29. The van der Waals surface area contributed by atoms with E-state index in [1.54, 1.807) is 24.3 Å². The van der Waals surface area contributed by atoms with E-state index >= 15 is 0 Å². The van der Waals surface area contributed by atoms with Gasteiger partial charge in [0, 0.05) is 18.8 Å². The number of morpholine rings is 1. The molecule has 1 atom stereocenters. The second kappa shape index (κ2) is 9.49. The summed E-state index contributed by atoms with van der Waals surface area (Å²) in [6.45, 7) is 1.54. The second-order valence-corrected chi connectivity index (χ2v) is 9.17. The predicted molar refractivity (Wildman–Crippen MR) is 120 cm³/mol. The summed E-state index contributed by atoms with van der Waals surface area (Å²) in [5.74, 6) is -0.406. The maximum atomic E-state index is 14.0. The fraction of sp³-hybridized carbons (Fsp3) is 0.208. The van der Waals surface area contributed by atoms with Gasteiger partial charge in [-0.2, -0.15) is 5.26 Å². The van der Waals surface area contributed by atoms with Gasteiger partial charge in [-0.25, -0.2) is 17.5 Å². The molecule has 3 aromatic carbocycles. The molecular weight excluding hydrogens is 429 g/mol. The topological polar surface area (TPSA) is 82.4 Å². The number of ether oxygens (including phenoxy) is 1. The Morgan fingerprint density at radius 2 is 1.84 bits per heavy atom. The van der Waals surface area contributed by atoms with Crippen LogP contribution in [0.5, 0.6) is 0 Å². The number of anilines is 1. The maximum absolute atomic E-state index is 14.0. The molecule has 0 bridgehead atoms. The SMILES string of the molecule is N#CC1COCCN1c1ccc(-c2cc(F)ccc2CNS(=O)(=O)c2ccccc2)cc1. The fourth-order valence-corrected chi connectivity index (χ4v) is 4.71. The first-order valence-corrected chi connectivity index (χ1v) is 11.6. The van der Waals surface area contributed by atoms with E-state index in [0.717, 1.165) is 11.3 Å². The fourth-order valence-electron chi connectivity index (χ4n) is 3.68. The zero-order valence-electron chi connectivity index (χ0n) is 17.2. The molecule has 1 heterocycles. The zero-order valence-corrected chi connectivity index (χ0v) is 18.1. The van der Waals surface area contributed by atoms with E-state index in [1.165, 1.54) is 24.3 Å². The molecule has 8 heteroatoms. The van der Waals surface area contributed by atoms with E-state index in [0.29, 0.717) is 30.9 Å². The maximum Gasteiger partial charge on any atom is 0.240 e. The van der Waals surface area contributed by atoms with Gasteiger partial charge in [0.2, 0.25) is 10.0 Å². The Morgan fingerprint density at radius 3 is 2.56 bits per heavy atom. The molecular formula is C24H22FN3O3S. The van der Waals surface area contributed by atoms with Gasteiger partial charge in [-0.3, -0.25) is 0 Å². The lowest BCUT2D eigenvalue weighted by Crippen LogP contribution is -2.44. The molecule has 0 spiro atoms. The number of hydrogen-bond donors (Lipinski definition) is 1. The molecule has 164 valence electrons. The highest BCUT2D eigenvalue weighted by atomic mass is 32.2. The number of rotatable bonds is 6. The minimum Gasteiger partial charge on any atom is -0.376 e. The normalized spacial score (nSPS) is 16.5. The minimum absolute atomic E-state index is 0.0224. The van der Waals surface area contributed by atoms with Crippen LogP contribution < -0.4 is 9.62 Å². The van der Waals surface area contributed by atoms with Crippen molar-refractivity contribution in [1.29, 1.82) is 5.26 Å². The van der Waals surface area contributed by atoms with Crippen molar-refractivity contribution in [2.45, 2.75) is 17.5 Å². The molecule has 0 aliphatic carbocycles. The average molecular weight is 452 g/mol. The number of benzene rings is 3. The van der Waals surface area contributed by atoms with Crippen LogP contribution >= 0.6 is 0 Å². The summed E-state index contributed by atoms with van der Waals surface area (Å²) < 4.78 is 47.1. The zero-order chi connectivity index (χ0) is 22.6. The Hall–Kier alpha value is -3.25. The highest BCUT2D eigenvalue weighted by Gasteiger charge is 2.23. The van der Waals surface area contributed by atoms with Gasteiger partial charge in [0.25, 0.3) is 0 Å². The van der Waals surface area contributed by atoms with E-state index in [1.807, 2.05) is 29.2 Å². The average Bonchev–Trinajstić information content (AvgIpc) is 2.84. The van der Waals surface area contributed by atoms with Crippen molar-refractivity contribution in [2.75, 3.05) is 24.7 Å². The van der Waals surface area contributed by atoms with Gasteiger partial charge in [-0.15, -0.1) is 0 Å².